The van der Waals surface area contributed by atoms with E-state index in [4.69, 9.17) is 0 Å². The zero-order valence-corrected chi connectivity index (χ0v) is 15.6. The van der Waals surface area contributed by atoms with Crippen molar-refractivity contribution in [2.45, 2.75) is 26.9 Å². The Morgan fingerprint density at radius 1 is 1.12 bits per heavy atom. The van der Waals surface area contributed by atoms with Crippen LogP contribution in [-0.2, 0) is 13.2 Å². The molecule has 0 spiro atoms. The second kappa shape index (κ2) is 8.12. The molecule has 3 rings (SSSR count). The van der Waals surface area contributed by atoms with E-state index in [2.05, 4.69) is 36.4 Å². The van der Waals surface area contributed by atoms with Gasteiger partial charge in [-0.1, -0.05) is 52.8 Å². The van der Waals surface area contributed by atoms with Crippen molar-refractivity contribution in [2.24, 2.45) is 7.05 Å². The van der Waals surface area contributed by atoms with Crippen molar-refractivity contribution in [3.8, 4) is 0 Å². The number of nitrogens with zero attached hydrogens (tertiary/aromatic N) is 1. The predicted octanol–water partition coefficient (Wildman–Crippen LogP) is 4.72. The van der Waals surface area contributed by atoms with Crippen molar-refractivity contribution in [2.75, 3.05) is 0 Å². The molecule has 0 saturated carbocycles. The standard InChI is InChI=1S/C18H18NO2P.C2H6/c1-12-8-15(22-11-13-6-4-3-5-7-13)9-14-10-16(18(20)21)19(2)17(12)14;1-2/h3-10,22H,11H2,1-2H3,(H,20,21);1-2H3. The molecule has 1 atom stereocenters. The fourth-order valence-electron chi connectivity index (χ4n) is 2.85. The normalized spacial score (nSPS) is 10.8. The van der Waals surface area contributed by atoms with Crippen LogP contribution in [0.15, 0.2) is 48.5 Å². The van der Waals surface area contributed by atoms with Gasteiger partial charge in [0.2, 0.25) is 0 Å². The van der Waals surface area contributed by atoms with E-state index in [9.17, 15) is 9.90 Å². The van der Waals surface area contributed by atoms with Gasteiger partial charge in [0, 0.05) is 12.4 Å². The molecule has 0 bridgehead atoms. The second-order valence-electron chi connectivity index (χ2n) is 5.46. The number of benzene rings is 2. The summed E-state index contributed by atoms with van der Waals surface area (Å²) < 4.78 is 1.76. The van der Waals surface area contributed by atoms with Crippen LogP contribution in [0.25, 0.3) is 10.9 Å². The number of hydrogen-bond acceptors (Lipinski definition) is 1. The van der Waals surface area contributed by atoms with E-state index in [1.165, 1.54) is 10.9 Å². The van der Waals surface area contributed by atoms with Gasteiger partial charge in [-0.05, 0) is 47.7 Å². The summed E-state index contributed by atoms with van der Waals surface area (Å²) in [6, 6.07) is 16.5. The maximum atomic E-state index is 11.3. The van der Waals surface area contributed by atoms with Crippen molar-refractivity contribution in [3.63, 3.8) is 0 Å². The maximum Gasteiger partial charge on any atom is 0.352 e. The lowest BCUT2D eigenvalue weighted by Gasteiger charge is -2.07. The summed E-state index contributed by atoms with van der Waals surface area (Å²) in [5.41, 5.74) is 3.80. The molecule has 1 unspecified atom stereocenters. The third kappa shape index (κ3) is 3.85. The highest BCUT2D eigenvalue weighted by atomic mass is 31.1. The van der Waals surface area contributed by atoms with Gasteiger partial charge in [0.25, 0.3) is 0 Å². The maximum absolute atomic E-state index is 11.3. The van der Waals surface area contributed by atoms with Gasteiger partial charge in [-0.2, -0.15) is 0 Å². The van der Waals surface area contributed by atoms with Crippen molar-refractivity contribution in [1.82, 2.24) is 4.57 Å². The first kappa shape index (κ1) is 18.2. The van der Waals surface area contributed by atoms with Crippen LogP contribution < -0.4 is 5.30 Å². The highest BCUT2D eigenvalue weighted by molar-refractivity contribution is 7.46. The van der Waals surface area contributed by atoms with E-state index >= 15 is 0 Å². The van der Waals surface area contributed by atoms with E-state index in [0.29, 0.717) is 14.3 Å². The summed E-state index contributed by atoms with van der Waals surface area (Å²) in [6.45, 7) is 6.05. The average Bonchev–Trinajstić information content (AvgIpc) is 2.93. The topological polar surface area (TPSA) is 42.2 Å². The minimum Gasteiger partial charge on any atom is -0.477 e. The fourth-order valence-corrected chi connectivity index (χ4v) is 4.07. The molecule has 0 saturated heterocycles. The van der Waals surface area contributed by atoms with Gasteiger partial charge in [-0.3, -0.25) is 0 Å². The lowest BCUT2D eigenvalue weighted by atomic mass is 10.1. The molecule has 4 heteroatoms. The molecule has 126 valence electrons. The van der Waals surface area contributed by atoms with Crippen LogP contribution in [0.1, 0.15) is 35.5 Å². The molecule has 24 heavy (non-hydrogen) atoms. The molecule has 0 aliphatic carbocycles. The number of aryl methyl sites for hydroxylation is 2. The van der Waals surface area contributed by atoms with Crippen LogP contribution in [-0.4, -0.2) is 15.6 Å². The monoisotopic (exact) mass is 341 g/mol. The molecule has 0 aliphatic rings. The molecule has 3 nitrogen and oxygen atoms in total. The second-order valence-corrected chi connectivity index (χ2v) is 6.75. The quantitative estimate of drug-likeness (QED) is 0.698. The van der Waals surface area contributed by atoms with Gasteiger partial charge in [0.05, 0.1) is 5.52 Å². The summed E-state index contributed by atoms with van der Waals surface area (Å²) in [7, 11) is 2.50. The molecule has 3 aromatic rings. The number of aromatic nitrogens is 1. The number of fused-ring (bicyclic) bond motifs is 1. The Labute approximate surface area is 145 Å². The van der Waals surface area contributed by atoms with Crippen molar-refractivity contribution < 1.29 is 9.90 Å². The number of rotatable bonds is 4. The lowest BCUT2D eigenvalue weighted by Crippen LogP contribution is -2.04. The van der Waals surface area contributed by atoms with Crippen LogP contribution in [0, 0.1) is 6.92 Å². The average molecular weight is 341 g/mol. The summed E-state index contributed by atoms with van der Waals surface area (Å²) in [5, 5.41) is 11.5. The van der Waals surface area contributed by atoms with Crippen LogP contribution in [0.5, 0.6) is 0 Å². The van der Waals surface area contributed by atoms with Gasteiger partial charge in [-0.25, -0.2) is 4.79 Å². The number of carboxylic acid groups (broad SMARTS) is 1. The van der Waals surface area contributed by atoms with Gasteiger partial charge in [-0.15, -0.1) is 0 Å². The largest absolute Gasteiger partial charge is 0.477 e. The Kier molecular flexibility index (Phi) is 6.16. The van der Waals surface area contributed by atoms with Gasteiger partial charge < -0.3 is 9.67 Å². The van der Waals surface area contributed by atoms with Gasteiger partial charge >= 0.3 is 5.97 Å². The molecule has 1 heterocycles. The number of carbonyl (C=O) groups is 1. The van der Waals surface area contributed by atoms with Crippen molar-refractivity contribution >= 4 is 30.8 Å². The lowest BCUT2D eigenvalue weighted by molar-refractivity contribution is 0.0687. The third-order valence-electron chi connectivity index (χ3n) is 3.88. The zero-order chi connectivity index (χ0) is 17.7. The van der Waals surface area contributed by atoms with Crippen molar-refractivity contribution in [3.05, 3.63) is 65.4 Å². The van der Waals surface area contributed by atoms with Gasteiger partial charge in [0.1, 0.15) is 5.69 Å². The predicted molar refractivity (Wildman–Crippen MR) is 104 cm³/mol. The Morgan fingerprint density at radius 2 is 1.79 bits per heavy atom. The first-order valence-electron chi connectivity index (χ1n) is 8.17. The van der Waals surface area contributed by atoms with E-state index in [1.807, 2.05) is 33.9 Å². The highest BCUT2D eigenvalue weighted by Crippen LogP contribution is 2.26. The van der Waals surface area contributed by atoms with E-state index in [1.54, 1.807) is 10.6 Å². The molecule has 0 fully saturated rings. The smallest absolute Gasteiger partial charge is 0.352 e. The zero-order valence-electron chi connectivity index (χ0n) is 14.6. The molecule has 1 aromatic heterocycles. The number of aromatic carboxylic acids is 1. The van der Waals surface area contributed by atoms with E-state index in [0.717, 1.165) is 22.6 Å². The molecule has 0 amide bonds. The summed E-state index contributed by atoms with van der Waals surface area (Å²) in [6.07, 6.45) is 1.02. The van der Waals surface area contributed by atoms with Gasteiger partial charge in [0.15, 0.2) is 0 Å². The minimum atomic E-state index is -0.883. The fraction of sp³-hybridized carbons (Fsp3) is 0.250. The van der Waals surface area contributed by atoms with Crippen LogP contribution in [0.4, 0.5) is 0 Å². The Bertz CT molecular complexity index is 838. The first-order valence-corrected chi connectivity index (χ1v) is 9.38. The number of hydrogen-bond donors (Lipinski definition) is 1. The third-order valence-corrected chi connectivity index (χ3v) is 5.16. The summed E-state index contributed by atoms with van der Waals surface area (Å²) >= 11 is 0. The molecule has 1 N–H and O–H groups in total. The van der Waals surface area contributed by atoms with Crippen LogP contribution >= 0.6 is 8.58 Å². The van der Waals surface area contributed by atoms with E-state index in [-0.39, 0.29) is 0 Å². The van der Waals surface area contributed by atoms with Crippen LogP contribution in [0.3, 0.4) is 0 Å². The first-order chi connectivity index (χ1) is 11.6. The molecular formula is C20H24NO2P. The SMILES string of the molecule is CC.Cc1cc(PCc2ccccc2)cc2cc(C(=O)O)n(C)c12. The summed E-state index contributed by atoms with van der Waals surface area (Å²) in [5.74, 6) is -0.883. The molecule has 2 aromatic carbocycles. The van der Waals surface area contributed by atoms with Crippen LogP contribution in [0.2, 0.25) is 0 Å². The van der Waals surface area contributed by atoms with Crippen molar-refractivity contribution in [1.29, 1.82) is 0 Å². The Morgan fingerprint density at radius 3 is 2.42 bits per heavy atom. The molecule has 0 radical (unpaired) electrons. The highest BCUT2D eigenvalue weighted by Gasteiger charge is 2.14. The van der Waals surface area contributed by atoms with E-state index < -0.39 is 5.97 Å². The molecular weight excluding hydrogens is 317 g/mol. The Balaban J connectivity index is 0.00000100. The Hall–Kier alpha value is -2.12. The number of carboxylic acids is 1. The summed E-state index contributed by atoms with van der Waals surface area (Å²) in [4.78, 5) is 11.3. The minimum absolute atomic E-state index is 0.335. The molecule has 0 aliphatic heterocycles.